The van der Waals surface area contributed by atoms with Gasteiger partial charge < -0.3 is 5.32 Å². The lowest BCUT2D eigenvalue weighted by molar-refractivity contribution is 0.281. The predicted octanol–water partition coefficient (Wildman–Crippen LogP) is 0.828. The van der Waals surface area contributed by atoms with Gasteiger partial charge in [0, 0.05) is 19.6 Å². The molecule has 0 aliphatic carbocycles. The third-order valence-electron chi connectivity index (χ3n) is 3.05. The summed E-state index contributed by atoms with van der Waals surface area (Å²) in [5.41, 5.74) is 1.09. The first-order valence-corrected chi connectivity index (χ1v) is 6.40. The van der Waals surface area contributed by atoms with Crippen molar-refractivity contribution in [3.05, 3.63) is 11.9 Å². The molecular formula is C12H23N5. The second-order valence-corrected chi connectivity index (χ2v) is 5.70. The van der Waals surface area contributed by atoms with Crippen molar-refractivity contribution in [2.75, 3.05) is 26.2 Å². The first kappa shape index (κ1) is 12.5. The van der Waals surface area contributed by atoms with Crippen molar-refractivity contribution in [1.29, 1.82) is 0 Å². The Labute approximate surface area is 103 Å². The normalized spacial score (nSPS) is 19.2. The molecule has 0 amide bonds. The van der Waals surface area contributed by atoms with Gasteiger partial charge in [-0.3, -0.25) is 4.90 Å². The fraction of sp³-hybridized carbons (Fsp3) is 0.833. The van der Waals surface area contributed by atoms with Crippen LogP contribution >= 0.6 is 0 Å². The molecule has 0 bridgehead atoms. The topological polar surface area (TPSA) is 46.0 Å². The Hall–Kier alpha value is -0.940. The van der Waals surface area contributed by atoms with E-state index < -0.39 is 0 Å². The fourth-order valence-corrected chi connectivity index (χ4v) is 1.99. The summed E-state index contributed by atoms with van der Waals surface area (Å²) in [6.45, 7) is 11.8. The molecule has 2 heterocycles. The van der Waals surface area contributed by atoms with Crippen LogP contribution in [-0.2, 0) is 12.1 Å². The average Bonchev–Trinajstić information content (AvgIpc) is 2.56. The van der Waals surface area contributed by atoms with E-state index in [-0.39, 0.29) is 5.54 Å². The minimum atomic E-state index is 0.0194. The van der Waals surface area contributed by atoms with Crippen LogP contribution in [0.2, 0.25) is 0 Å². The van der Waals surface area contributed by atoms with E-state index in [1.54, 1.807) is 0 Å². The summed E-state index contributed by atoms with van der Waals surface area (Å²) in [5.74, 6) is 0. The molecule has 5 nitrogen and oxygen atoms in total. The van der Waals surface area contributed by atoms with Gasteiger partial charge in [0.1, 0.15) is 0 Å². The first-order valence-electron chi connectivity index (χ1n) is 6.40. The molecule has 1 aromatic heterocycles. The van der Waals surface area contributed by atoms with Gasteiger partial charge in [-0.25, -0.2) is 4.68 Å². The van der Waals surface area contributed by atoms with Crippen LogP contribution < -0.4 is 5.32 Å². The number of hydrogen-bond acceptors (Lipinski definition) is 4. The standard InChI is InChI=1S/C12H23N5/c1-12(2,3)17-10-11(14-15-17)9-16-7-4-5-13-6-8-16/h10,13H,4-9H2,1-3H3. The Kier molecular flexibility index (Phi) is 3.79. The van der Waals surface area contributed by atoms with Crippen LogP contribution in [0.15, 0.2) is 6.20 Å². The van der Waals surface area contributed by atoms with Crippen molar-refractivity contribution in [2.24, 2.45) is 0 Å². The maximum atomic E-state index is 4.26. The van der Waals surface area contributed by atoms with Crippen molar-refractivity contribution in [3.63, 3.8) is 0 Å². The van der Waals surface area contributed by atoms with Crippen LogP contribution in [-0.4, -0.2) is 46.1 Å². The highest BCUT2D eigenvalue weighted by atomic mass is 15.4. The van der Waals surface area contributed by atoms with Gasteiger partial charge in [0.15, 0.2) is 0 Å². The average molecular weight is 237 g/mol. The largest absolute Gasteiger partial charge is 0.315 e. The van der Waals surface area contributed by atoms with Crippen LogP contribution in [0.4, 0.5) is 0 Å². The van der Waals surface area contributed by atoms with Crippen molar-refractivity contribution in [1.82, 2.24) is 25.2 Å². The number of hydrogen-bond donors (Lipinski definition) is 1. The number of nitrogens with one attached hydrogen (secondary N) is 1. The van der Waals surface area contributed by atoms with E-state index in [2.05, 4.69) is 47.5 Å². The SMILES string of the molecule is CC(C)(C)n1cc(CN2CCCNCC2)nn1. The minimum Gasteiger partial charge on any atom is -0.315 e. The second kappa shape index (κ2) is 5.14. The maximum Gasteiger partial charge on any atom is 0.0967 e. The molecule has 0 aromatic carbocycles. The van der Waals surface area contributed by atoms with Crippen LogP contribution in [0.5, 0.6) is 0 Å². The summed E-state index contributed by atoms with van der Waals surface area (Å²) in [7, 11) is 0. The van der Waals surface area contributed by atoms with Gasteiger partial charge in [-0.1, -0.05) is 5.21 Å². The lowest BCUT2D eigenvalue weighted by atomic mass is 10.1. The molecule has 0 spiro atoms. The molecule has 1 aliphatic heterocycles. The fourth-order valence-electron chi connectivity index (χ4n) is 1.99. The Morgan fingerprint density at radius 1 is 1.29 bits per heavy atom. The summed E-state index contributed by atoms with van der Waals surface area (Å²) < 4.78 is 1.94. The molecule has 1 saturated heterocycles. The summed E-state index contributed by atoms with van der Waals surface area (Å²) in [4.78, 5) is 2.44. The molecule has 1 fully saturated rings. The zero-order chi connectivity index (χ0) is 12.3. The van der Waals surface area contributed by atoms with Crippen molar-refractivity contribution in [3.8, 4) is 0 Å². The van der Waals surface area contributed by atoms with E-state index >= 15 is 0 Å². The molecular weight excluding hydrogens is 214 g/mol. The predicted molar refractivity (Wildman–Crippen MR) is 67.8 cm³/mol. The van der Waals surface area contributed by atoms with Crippen molar-refractivity contribution in [2.45, 2.75) is 39.3 Å². The van der Waals surface area contributed by atoms with Crippen LogP contribution in [0.25, 0.3) is 0 Å². The summed E-state index contributed by atoms with van der Waals surface area (Å²) in [6, 6.07) is 0. The lowest BCUT2D eigenvalue weighted by Gasteiger charge is -2.18. The van der Waals surface area contributed by atoms with E-state index in [1.807, 2.05) is 4.68 Å². The molecule has 2 rings (SSSR count). The van der Waals surface area contributed by atoms with Crippen LogP contribution in [0, 0.1) is 0 Å². The number of rotatable bonds is 2. The molecule has 0 saturated carbocycles. The van der Waals surface area contributed by atoms with Gasteiger partial charge >= 0.3 is 0 Å². The summed E-state index contributed by atoms with van der Waals surface area (Å²) in [6.07, 6.45) is 3.28. The lowest BCUT2D eigenvalue weighted by Crippen LogP contribution is -2.27. The van der Waals surface area contributed by atoms with Crippen molar-refractivity contribution < 1.29 is 0 Å². The minimum absolute atomic E-state index is 0.0194. The Balaban J connectivity index is 1.96. The van der Waals surface area contributed by atoms with Crippen LogP contribution in [0.3, 0.4) is 0 Å². The molecule has 1 aromatic rings. The van der Waals surface area contributed by atoms with E-state index in [1.165, 1.54) is 6.42 Å². The van der Waals surface area contributed by atoms with Gasteiger partial charge in [-0.15, -0.1) is 5.10 Å². The molecule has 5 heteroatoms. The molecule has 96 valence electrons. The smallest absolute Gasteiger partial charge is 0.0967 e. The summed E-state index contributed by atoms with van der Waals surface area (Å²) in [5, 5.41) is 11.9. The summed E-state index contributed by atoms with van der Waals surface area (Å²) >= 11 is 0. The van der Waals surface area contributed by atoms with Gasteiger partial charge in [0.05, 0.1) is 17.4 Å². The zero-order valence-corrected chi connectivity index (χ0v) is 11.1. The second-order valence-electron chi connectivity index (χ2n) is 5.70. The molecule has 0 radical (unpaired) electrons. The number of nitrogens with zero attached hydrogens (tertiary/aromatic N) is 4. The third-order valence-corrected chi connectivity index (χ3v) is 3.05. The highest BCUT2D eigenvalue weighted by molar-refractivity contribution is 4.94. The molecule has 0 atom stereocenters. The van der Waals surface area contributed by atoms with Gasteiger partial charge in [-0.2, -0.15) is 0 Å². The van der Waals surface area contributed by atoms with E-state index in [0.29, 0.717) is 0 Å². The first-order chi connectivity index (χ1) is 8.05. The monoisotopic (exact) mass is 237 g/mol. The number of aromatic nitrogens is 3. The van der Waals surface area contributed by atoms with Gasteiger partial charge in [0.2, 0.25) is 0 Å². The molecule has 1 N–H and O–H groups in total. The maximum absolute atomic E-state index is 4.26. The highest BCUT2D eigenvalue weighted by Gasteiger charge is 2.16. The van der Waals surface area contributed by atoms with Gasteiger partial charge in [0.25, 0.3) is 0 Å². The van der Waals surface area contributed by atoms with Gasteiger partial charge in [-0.05, 0) is 40.3 Å². The van der Waals surface area contributed by atoms with Crippen molar-refractivity contribution >= 4 is 0 Å². The highest BCUT2D eigenvalue weighted by Crippen LogP contribution is 2.12. The quantitative estimate of drug-likeness (QED) is 0.827. The Morgan fingerprint density at radius 3 is 2.82 bits per heavy atom. The van der Waals surface area contributed by atoms with E-state index in [9.17, 15) is 0 Å². The van der Waals surface area contributed by atoms with E-state index in [0.717, 1.165) is 38.4 Å². The molecule has 0 unspecified atom stereocenters. The molecule has 17 heavy (non-hydrogen) atoms. The zero-order valence-electron chi connectivity index (χ0n) is 11.1. The third kappa shape index (κ3) is 3.51. The van der Waals surface area contributed by atoms with Crippen LogP contribution in [0.1, 0.15) is 32.9 Å². The molecule has 1 aliphatic rings. The Morgan fingerprint density at radius 2 is 2.12 bits per heavy atom. The van der Waals surface area contributed by atoms with E-state index in [4.69, 9.17) is 0 Å². The Bertz CT molecular complexity index is 344.